The molecule has 0 radical (unpaired) electrons. The molecule has 3 aliphatic heterocycles. The third-order valence-electron chi connectivity index (χ3n) is 8.18. The molecule has 3 fully saturated rings. The second-order valence-corrected chi connectivity index (χ2v) is 12.2. The van der Waals surface area contributed by atoms with E-state index in [2.05, 4.69) is 41.3 Å². The Balaban J connectivity index is 1.88. The molecule has 2 N–H and O–H groups in total. The average Bonchev–Trinajstić information content (AvgIpc) is 3.51. The van der Waals surface area contributed by atoms with Crippen molar-refractivity contribution in [3.05, 3.63) is 25.3 Å². The summed E-state index contributed by atoms with van der Waals surface area (Å²) in [6, 6.07) is -1.01. The summed E-state index contributed by atoms with van der Waals surface area (Å²) >= 11 is 3.66. The number of hydrogen-bond donors (Lipinski definition) is 2. The van der Waals surface area contributed by atoms with Crippen LogP contribution in [-0.2, 0) is 28.7 Å². The van der Waals surface area contributed by atoms with Crippen LogP contribution in [0.4, 0.5) is 0 Å². The van der Waals surface area contributed by atoms with Crippen LogP contribution in [0, 0.1) is 11.8 Å². The number of hydrogen-bond acceptors (Lipinski definition) is 7. The number of likely N-dealkylation sites (tertiary alicyclic amines) is 1. The van der Waals surface area contributed by atoms with E-state index in [1.165, 1.54) is 4.90 Å². The zero-order valence-electron chi connectivity index (χ0n) is 23.9. The minimum absolute atomic E-state index is 0.0811. The lowest BCUT2D eigenvalue weighted by Gasteiger charge is -2.39. The van der Waals surface area contributed by atoms with Crippen molar-refractivity contribution in [2.24, 2.45) is 11.8 Å². The van der Waals surface area contributed by atoms with E-state index in [-0.39, 0.29) is 48.3 Å². The van der Waals surface area contributed by atoms with E-state index in [0.717, 1.165) is 12.8 Å². The first kappa shape index (κ1) is 32.3. The van der Waals surface area contributed by atoms with Gasteiger partial charge in [0.05, 0.1) is 24.5 Å². The van der Waals surface area contributed by atoms with Crippen LogP contribution in [0.25, 0.3) is 0 Å². The number of allylic oxidation sites excluding steroid dienone is 1. The fourth-order valence-electron chi connectivity index (χ4n) is 6.41. The Morgan fingerprint density at radius 3 is 2.67 bits per heavy atom. The molecule has 3 heterocycles. The van der Waals surface area contributed by atoms with Crippen molar-refractivity contribution in [3.63, 3.8) is 0 Å². The van der Waals surface area contributed by atoms with Gasteiger partial charge in [-0.15, -0.1) is 13.2 Å². The van der Waals surface area contributed by atoms with Crippen molar-refractivity contribution in [1.29, 1.82) is 0 Å². The zero-order chi connectivity index (χ0) is 29.6. The van der Waals surface area contributed by atoms with Gasteiger partial charge in [-0.1, -0.05) is 41.4 Å². The highest BCUT2D eigenvalue weighted by Gasteiger charge is 2.77. The molecule has 0 saturated carbocycles. The molecule has 0 aromatic heterocycles. The van der Waals surface area contributed by atoms with Gasteiger partial charge in [-0.25, -0.2) is 0 Å². The fourth-order valence-corrected chi connectivity index (χ4v) is 7.36. The van der Waals surface area contributed by atoms with Gasteiger partial charge in [0.25, 0.3) is 0 Å². The fraction of sp³-hybridized carbons (Fsp3) is 0.724. The van der Waals surface area contributed by atoms with Gasteiger partial charge in [0.1, 0.15) is 17.7 Å². The Morgan fingerprint density at radius 1 is 1.32 bits per heavy atom. The molecule has 3 rings (SSSR count). The van der Waals surface area contributed by atoms with Crippen LogP contribution in [0.1, 0.15) is 59.3 Å². The number of nitrogens with one attached hydrogen (secondary N) is 1. The molecule has 3 aliphatic rings. The molecular weight excluding hydrogens is 582 g/mol. The number of nitrogens with zero attached hydrogens (tertiary/aromatic N) is 2. The molecule has 1 spiro atoms. The second-order valence-electron chi connectivity index (χ2n) is 11.1. The molecule has 224 valence electrons. The average molecular weight is 627 g/mol. The van der Waals surface area contributed by atoms with E-state index < -0.39 is 41.7 Å². The van der Waals surface area contributed by atoms with Crippen LogP contribution in [-0.4, -0.2) is 99.6 Å². The number of alkyl halides is 1. The minimum atomic E-state index is -1.19. The molecule has 0 aliphatic carbocycles. The van der Waals surface area contributed by atoms with Crippen LogP contribution in [0.5, 0.6) is 0 Å². The van der Waals surface area contributed by atoms with Crippen molar-refractivity contribution in [1.82, 2.24) is 15.1 Å². The van der Waals surface area contributed by atoms with E-state index in [1.807, 2.05) is 6.92 Å². The van der Waals surface area contributed by atoms with Gasteiger partial charge in [-0.2, -0.15) is 0 Å². The van der Waals surface area contributed by atoms with Crippen molar-refractivity contribution in [2.45, 2.75) is 94.0 Å². The lowest BCUT2D eigenvalue weighted by atomic mass is 9.70. The Labute approximate surface area is 245 Å². The van der Waals surface area contributed by atoms with Crippen LogP contribution < -0.4 is 5.32 Å². The summed E-state index contributed by atoms with van der Waals surface area (Å²) < 4.78 is 12.2. The maximum atomic E-state index is 14.2. The number of esters is 1. The van der Waals surface area contributed by atoms with Crippen LogP contribution >= 0.6 is 15.9 Å². The van der Waals surface area contributed by atoms with Gasteiger partial charge in [0, 0.05) is 37.0 Å². The number of amides is 3. The largest absolute Gasteiger partial charge is 0.460 e. The minimum Gasteiger partial charge on any atom is -0.460 e. The molecule has 10 nitrogen and oxygen atoms in total. The zero-order valence-corrected chi connectivity index (χ0v) is 25.4. The van der Waals surface area contributed by atoms with Crippen molar-refractivity contribution in [3.8, 4) is 0 Å². The van der Waals surface area contributed by atoms with Gasteiger partial charge < -0.3 is 29.7 Å². The number of carbonyl (C=O) groups is 4. The van der Waals surface area contributed by atoms with Gasteiger partial charge >= 0.3 is 5.97 Å². The molecule has 8 atom stereocenters. The Morgan fingerprint density at radius 2 is 2.05 bits per heavy atom. The SMILES string of the molecule is C=CCCC(=O)NC[C@H](C)OC(=O)[C@H]1[C@@H]2O[C@@]3(CC2Br)[C@@H]1C(=O)N(CCCO)[C@@H]3C(=O)N(CC=C)C(C)CCC. The first-order valence-corrected chi connectivity index (χ1v) is 15.2. The summed E-state index contributed by atoms with van der Waals surface area (Å²) in [5, 5.41) is 12.3. The highest BCUT2D eigenvalue weighted by Crippen LogP contribution is 2.60. The molecule has 3 saturated heterocycles. The van der Waals surface area contributed by atoms with Crippen molar-refractivity contribution >= 4 is 39.6 Å². The first-order chi connectivity index (χ1) is 19.1. The summed E-state index contributed by atoms with van der Waals surface area (Å²) in [5.41, 5.74) is -1.19. The normalized spacial score (nSPS) is 30.0. The molecule has 3 amide bonds. The lowest BCUT2D eigenvalue weighted by Crippen LogP contribution is -2.58. The smallest absolute Gasteiger partial charge is 0.312 e. The van der Waals surface area contributed by atoms with Gasteiger partial charge in [-0.05, 0) is 39.5 Å². The highest BCUT2D eigenvalue weighted by atomic mass is 79.9. The molecule has 0 aromatic carbocycles. The molecule has 40 heavy (non-hydrogen) atoms. The number of aliphatic hydroxyl groups is 1. The van der Waals surface area contributed by atoms with E-state index in [1.54, 1.807) is 24.0 Å². The van der Waals surface area contributed by atoms with Gasteiger partial charge in [0.15, 0.2) is 0 Å². The maximum absolute atomic E-state index is 14.2. The number of rotatable bonds is 16. The van der Waals surface area contributed by atoms with Gasteiger partial charge in [-0.3, -0.25) is 19.2 Å². The monoisotopic (exact) mass is 625 g/mol. The molecule has 11 heteroatoms. The van der Waals surface area contributed by atoms with E-state index in [0.29, 0.717) is 32.2 Å². The second kappa shape index (κ2) is 14.1. The lowest BCUT2D eigenvalue weighted by molar-refractivity contribution is -0.159. The Hall–Kier alpha value is -2.24. The number of fused-ring (bicyclic) bond motifs is 1. The molecule has 2 unspecified atom stereocenters. The van der Waals surface area contributed by atoms with E-state index in [9.17, 15) is 24.3 Å². The summed E-state index contributed by atoms with van der Waals surface area (Å²) in [6.45, 7) is 13.6. The standard InChI is InChI=1S/C29H44BrN3O7/c1-6-9-12-21(35)31-17-19(5)39-28(38)22-23-26(36)33(14-10-15-34)25(29(23)16-20(30)24(22)40-29)27(37)32(13-8-3)18(4)11-7-2/h6,8,18-20,22-25,34H,1,3,7,9-17H2,2,4-5H3,(H,31,35)/t18?,19-,20?,22+,23-,24+,25+,29-/m0/s1. The van der Waals surface area contributed by atoms with E-state index in [4.69, 9.17) is 9.47 Å². The molecule has 2 bridgehead atoms. The number of carbonyl (C=O) groups excluding carboxylic acids is 4. The summed E-state index contributed by atoms with van der Waals surface area (Å²) in [5.74, 6) is -3.10. The highest BCUT2D eigenvalue weighted by molar-refractivity contribution is 9.09. The number of aliphatic hydroxyl groups excluding tert-OH is 1. The first-order valence-electron chi connectivity index (χ1n) is 14.3. The predicted molar refractivity (Wildman–Crippen MR) is 153 cm³/mol. The number of ether oxygens (including phenoxy) is 2. The van der Waals surface area contributed by atoms with Crippen molar-refractivity contribution in [2.75, 3.05) is 26.2 Å². The maximum Gasteiger partial charge on any atom is 0.312 e. The summed E-state index contributed by atoms with van der Waals surface area (Å²) in [4.78, 5) is 56.7. The third kappa shape index (κ3) is 6.31. The third-order valence-corrected chi connectivity index (χ3v) is 9.02. The Bertz CT molecular complexity index is 977. The van der Waals surface area contributed by atoms with Crippen molar-refractivity contribution < 1.29 is 33.8 Å². The van der Waals surface area contributed by atoms with Gasteiger partial charge in [0.2, 0.25) is 17.7 Å². The van der Waals surface area contributed by atoms with Crippen LogP contribution in [0.15, 0.2) is 25.3 Å². The quantitative estimate of drug-likeness (QED) is 0.153. The topological polar surface area (TPSA) is 125 Å². The van der Waals surface area contributed by atoms with E-state index >= 15 is 0 Å². The predicted octanol–water partition coefficient (Wildman–Crippen LogP) is 2.33. The van der Waals surface area contributed by atoms with Crippen LogP contribution in [0.3, 0.4) is 0 Å². The summed E-state index contributed by atoms with van der Waals surface area (Å²) in [6.07, 6.45) is 5.28. The van der Waals surface area contributed by atoms with Crippen LogP contribution in [0.2, 0.25) is 0 Å². The molecule has 0 aromatic rings. The Kier molecular flexibility index (Phi) is 11.4. The molecular formula is C29H44BrN3O7. The summed E-state index contributed by atoms with van der Waals surface area (Å²) in [7, 11) is 0. The number of halogens is 1.